The summed E-state index contributed by atoms with van der Waals surface area (Å²) >= 11 is 0. The maximum absolute atomic E-state index is 8.85. The minimum Gasteiger partial charge on any atom is -0.414 e. The van der Waals surface area contributed by atoms with Crippen LogP contribution >= 0.6 is 0 Å². The molecule has 0 spiro atoms. The minimum atomic E-state index is -1.96. The Balaban J connectivity index is 4.93. The third-order valence-corrected chi connectivity index (χ3v) is 16.5. The lowest BCUT2D eigenvalue weighted by atomic mass is 10.1. The summed E-state index contributed by atoms with van der Waals surface area (Å²) in [6.07, 6.45) is 4.15. The van der Waals surface area contributed by atoms with E-state index in [1.807, 2.05) is 0 Å². The van der Waals surface area contributed by atoms with Crippen LogP contribution in [0, 0.1) is 0 Å². The molecule has 7 heteroatoms. The molecule has 5 nitrogen and oxygen atoms in total. The van der Waals surface area contributed by atoms with E-state index in [0.717, 1.165) is 32.3 Å². The van der Waals surface area contributed by atoms with Crippen molar-refractivity contribution in [3.8, 4) is 0 Å². The van der Waals surface area contributed by atoms with Crippen molar-refractivity contribution in [2.24, 2.45) is 0 Å². The van der Waals surface area contributed by atoms with E-state index in [1.165, 1.54) is 6.04 Å². The van der Waals surface area contributed by atoms with Crippen LogP contribution in [0.5, 0.6) is 0 Å². The van der Waals surface area contributed by atoms with Crippen LogP contribution in [0.3, 0.4) is 0 Å². The summed E-state index contributed by atoms with van der Waals surface area (Å²) < 4.78 is 18.0. The van der Waals surface area contributed by atoms with E-state index in [2.05, 4.69) is 53.9 Å². The molecule has 0 aliphatic heterocycles. The third-order valence-electron chi connectivity index (χ3n) is 6.87. The second-order valence-corrected chi connectivity index (χ2v) is 19.7. The van der Waals surface area contributed by atoms with E-state index in [9.17, 15) is 0 Å². The molecule has 170 valence electrons. The monoisotopic (exact) mass is 436 g/mol. The van der Waals surface area contributed by atoms with Crippen LogP contribution in [0.25, 0.3) is 0 Å². The molecule has 28 heavy (non-hydrogen) atoms. The minimum absolute atomic E-state index is 0.0512. The van der Waals surface area contributed by atoms with Crippen LogP contribution in [-0.2, 0) is 13.9 Å². The van der Waals surface area contributed by atoms with E-state index in [1.54, 1.807) is 0 Å². The quantitative estimate of drug-likeness (QED) is 0.258. The lowest BCUT2D eigenvalue weighted by Gasteiger charge is -2.51. The predicted octanol–water partition coefficient (Wildman–Crippen LogP) is 4.59. The van der Waals surface area contributed by atoms with Crippen LogP contribution in [-0.4, -0.2) is 71.5 Å². The van der Waals surface area contributed by atoms with Crippen molar-refractivity contribution >= 4 is 16.4 Å². The fraction of sp³-hybridized carbons (Fsp3) is 1.00. The molecule has 0 aromatic heterocycles. The van der Waals surface area contributed by atoms with Gasteiger partial charge in [0, 0.05) is 18.4 Å². The van der Waals surface area contributed by atoms with Crippen molar-refractivity contribution in [2.45, 2.75) is 95.9 Å². The highest BCUT2D eigenvalue weighted by molar-refractivity contribution is 6.82. The molecule has 0 saturated heterocycles. The van der Waals surface area contributed by atoms with Crippen molar-refractivity contribution in [1.82, 2.24) is 0 Å². The van der Waals surface area contributed by atoms with Gasteiger partial charge < -0.3 is 24.1 Å². The van der Waals surface area contributed by atoms with E-state index in [0.29, 0.717) is 19.8 Å². The number of rotatable bonds is 17. The Bertz CT molecular complexity index is 416. The molecule has 0 amide bonds. The number of hydrogen-bond acceptors (Lipinski definition) is 5. The van der Waals surface area contributed by atoms with Crippen molar-refractivity contribution in [1.29, 1.82) is 0 Å². The SMILES string of the molecule is CCC(C)(O[Si](C)(C)C(C)(C)CCCOCCO)[Si](C)(C)CCCOCCO. The van der Waals surface area contributed by atoms with Crippen LogP contribution in [0.15, 0.2) is 0 Å². The van der Waals surface area contributed by atoms with Gasteiger partial charge in [-0.25, -0.2) is 0 Å². The summed E-state index contributed by atoms with van der Waals surface area (Å²) in [5.41, 5.74) is 0. The summed E-state index contributed by atoms with van der Waals surface area (Å²) in [4.78, 5) is 0. The molecular weight excluding hydrogens is 388 g/mol. The van der Waals surface area contributed by atoms with Gasteiger partial charge in [-0.3, -0.25) is 0 Å². The summed E-state index contributed by atoms with van der Waals surface area (Å²) in [6.45, 7) is 21.4. The Morgan fingerprint density at radius 1 is 0.786 bits per heavy atom. The highest BCUT2D eigenvalue weighted by Gasteiger charge is 2.50. The first-order valence-electron chi connectivity index (χ1n) is 11.0. The van der Waals surface area contributed by atoms with E-state index in [4.69, 9.17) is 24.1 Å². The fourth-order valence-electron chi connectivity index (χ4n) is 3.52. The number of hydrogen-bond donors (Lipinski definition) is 2. The van der Waals surface area contributed by atoms with Crippen molar-refractivity contribution in [3.05, 3.63) is 0 Å². The van der Waals surface area contributed by atoms with Gasteiger partial charge in [0.05, 0.1) is 34.5 Å². The largest absolute Gasteiger partial charge is 0.414 e. The van der Waals surface area contributed by atoms with Gasteiger partial charge in [0.2, 0.25) is 0 Å². The van der Waals surface area contributed by atoms with Gasteiger partial charge in [-0.05, 0) is 50.7 Å². The van der Waals surface area contributed by atoms with Gasteiger partial charge in [0.1, 0.15) is 0 Å². The number of aliphatic hydroxyl groups excluding tert-OH is 2. The Kier molecular flexibility index (Phi) is 12.9. The second-order valence-electron chi connectivity index (χ2n) is 9.84. The molecule has 2 N–H and O–H groups in total. The van der Waals surface area contributed by atoms with Crippen LogP contribution in [0.4, 0.5) is 0 Å². The molecule has 0 radical (unpaired) electrons. The molecule has 1 unspecified atom stereocenters. The summed E-state index contributed by atoms with van der Waals surface area (Å²) in [6, 6.07) is 1.17. The lowest BCUT2D eigenvalue weighted by molar-refractivity contribution is 0.0865. The molecular formula is C21H48O5Si2. The molecule has 0 fully saturated rings. The Morgan fingerprint density at radius 3 is 1.75 bits per heavy atom. The van der Waals surface area contributed by atoms with Gasteiger partial charge in [-0.2, -0.15) is 0 Å². The van der Waals surface area contributed by atoms with Gasteiger partial charge in [-0.15, -0.1) is 0 Å². The summed E-state index contributed by atoms with van der Waals surface area (Å²) in [7, 11) is -3.60. The van der Waals surface area contributed by atoms with E-state index < -0.39 is 16.4 Å². The molecule has 0 saturated carbocycles. The van der Waals surface area contributed by atoms with Crippen molar-refractivity contribution in [3.63, 3.8) is 0 Å². The zero-order valence-corrected chi connectivity index (χ0v) is 21.9. The molecule has 0 bridgehead atoms. The van der Waals surface area contributed by atoms with Gasteiger partial charge in [0.25, 0.3) is 0 Å². The third kappa shape index (κ3) is 8.94. The Morgan fingerprint density at radius 2 is 1.29 bits per heavy atom. The lowest BCUT2D eigenvalue weighted by Crippen LogP contribution is -2.60. The van der Waals surface area contributed by atoms with Crippen molar-refractivity contribution < 1.29 is 24.1 Å². The molecule has 0 aromatic rings. The molecule has 1 atom stereocenters. The fourth-order valence-corrected chi connectivity index (χ4v) is 10.2. The van der Waals surface area contributed by atoms with Gasteiger partial charge in [-0.1, -0.05) is 39.9 Å². The highest BCUT2D eigenvalue weighted by atomic mass is 28.4. The van der Waals surface area contributed by atoms with Crippen LogP contribution < -0.4 is 0 Å². The molecule has 0 aliphatic rings. The van der Waals surface area contributed by atoms with Gasteiger partial charge >= 0.3 is 0 Å². The zero-order valence-electron chi connectivity index (χ0n) is 19.9. The Labute approximate surface area is 176 Å². The maximum atomic E-state index is 8.85. The second kappa shape index (κ2) is 12.8. The first-order chi connectivity index (χ1) is 12.9. The zero-order chi connectivity index (χ0) is 21.9. The summed E-state index contributed by atoms with van der Waals surface area (Å²) in [5, 5.41) is 17.8. The van der Waals surface area contributed by atoms with Crippen molar-refractivity contribution in [2.75, 3.05) is 39.6 Å². The standard InChI is InChI=1S/C21H48O5Si2/c1-9-21(4,27(5,6)19-11-16-25-18-14-23)26-28(7,8)20(2,3)12-10-15-24-17-13-22/h22-23H,9-19H2,1-8H3. The highest BCUT2D eigenvalue weighted by Crippen LogP contribution is 2.46. The first-order valence-corrected chi connectivity index (χ1v) is 17.1. The predicted molar refractivity (Wildman–Crippen MR) is 123 cm³/mol. The Hall–Kier alpha value is 0.234. The summed E-state index contributed by atoms with van der Waals surface area (Å²) in [5.74, 6) is 0. The number of aliphatic hydroxyl groups is 2. The average Bonchev–Trinajstić information content (AvgIpc) is 2.60. The molecule has 0 rings (SSSR count). The maximum Gasteiger partial charge on any atom is 0.192 e. The smallest absolute Gasteiger partial charge is 0.192 e. The molecule has 0 heterocycles. The average molecular weight is 437 g/mol. The van der Waals surface area contributed by atoms with E-state index in [-0.39, 0.29) is 23.5 Å². The number of ether oxygens (including phenoxy) is 2. The molecule has 0 aliphatic carbocycles. The van der Waals surface area contributed by atoms with Crippen LogP contribution in [0.2, 0.25) is 37.3 Å². The molecule has 0 aromatic carbocycles. The van der Waals surface area contributed by atoms with Crippen LogP contribution in [0.1, 0.15) is 53.4 Å². The first kappa shape index (κ1) is 28.2. The normalized spacial score (nSPS) is 15.6. The van der Waals surface area contributed by atoms with E-state index >= 15 is 0 Å². The van der Waals surface area contributed by atoms with Gasteiger partial charge in [0.15, 0.2) is 8.32 Å². The topological polar surface area (TPSA) is 68.2 Å².